The molecule has 232 valence electrons. The molecule has 0 bridgehead atoms. The number of rotatable bonds is 6. The van der Waals surface area contributed by atoms with Crippen molar-refractivity contribution in [2.45, 2.75) is 32.7 Å². The molecule has 0 radical (unpaired) electrons. The van der Waals surface area contributed by atoms with Gasteiger partial charge in [0.1, 0.15) is 16.9 Å². The van der Waals surface area contributed by atoms with Gasteiger partial charge in [-0.2, -0.15) is 5.10 Å². The van der Waals surface area contributed by atoms with Crippen molar-refractivity contribution in [2.75, 3.05) is 17.2 Å². The molecule has 2 aromatic carbocycles. The number of hydrogen-bond donors (Lipinski definition) is 2. The Hall–Kier alpha value is -5.79. The highest BCUT2D eigenvalue weighted by Crippen LogP contribution is 2.33. The third kappa shape index (κ3) is 6.30. The Bertz CT molecular complexity index is 2030. The fourth-order valence-electron chi connectivity index (χ4n) is 4.76. The van der Waals surface area contributed by atoms with Gasteiger partial charge in [-0.3, -0.25) is 14.2 Å². The number of carbonyl (C=O) groups excluding carboxylic acids is 1. The summed E-state index contributed by atoms with van der Waals surface area (Å²) in [4.78, 5) is 49.3. The number of benzene rings is 2. The third-order valence-corrected chi connectivity index (χ3v) is 7.00. The zero-order chi connectivity index (χ0) is 32.4. The van der Waals surface area contributed by atoms with Gasteiger partial charge in [-0.15, -0.1) is 0 Å². The number of aromatic carboxylic acids is 1. The number of carboxylic acid groups (broad SMARTS) is 1. The number of pyridine rings is 1. The number of hydrogen-bond acceptors (Lipinski definition) is 7. The highest BCUT2D eigenvalue weighted by atomic mass is 19.1. The molecule has 0 unspecified atom stereocenters. The molecule has 1 aliphatic rings. The quantitative estimate of drug-likeness (QED) is 0.266. The first-order valence-electron chi connectivity index (χ1n) is 13.8. The van der Waals surface area contributed by atoms with Crippen LogP contribution in [-0.4, -0.2) is 42.3 Å². The smallest absolute Gasteiger partial charge is 0.342 e. The molecule has 1 aliphatic heterocycles. The second kappa shape index (κ2) is 12.4. The number of ether oxygens (including phenoxy) is 1. The fourth-order valence-corrected chi connectivity index (χ4v) is 4.76. The second-order valence-electron chi connectivity index (χ2n) is 10.4. The van der Waals surface area contributed by atoms with Crippen molar-refractivity contribution in [3.63, 3.8) is 0 Å². The molecule has 1 saturated heterocycles. The second-order valence-corrected chi connectivity index (χ2v) is 10.4. The van der Waals surface area contributed by atoms with E-state index in [9.17, 15) is 28.0 Å². The Morgan fingerprint density at radius 1 is 0.978 bits per heavy atom. The van der Waals surface area contributed by atoms with E-state index >= 15 is 0 Å². The number of carbonyl (C=O) groups is 2. The Morgan fingerprint density at radius 2 is 1.71 bits per heavy atom. The summed E-state index contributed by atoms with van der Waals surface area (Å²) < 4.78 is 36.2. The highest BCUT2D eigenvalue weighted by molar-refractivity contribution is 5.95. The van der Waals surface area contributed by atoms with Crippen LogP contribution >= 0.6 is 0 Å². The standard InChI is InChI=1S/C17H15FN4O2.C14H13FN2O4/c18-13-8-11(19)3-4-15(13)24-16-9-12(21-7-1-2-17(21)23)10-22-14(16)5-6-20-22;1-8(2)16-7-11(13(19)20)12(18)17(14(16)21)10-5-3-9(15)4-6-10/h3-6,8-10H,1-2,7,19H2;3-8H,1-2H3,(H,19,20). The summed E-state index contributed by atoms with van der Waals surface area (Å²) in [7, 11) is 0. The van der Waals surface area contributed by atoms with Crippen LogP contribution in [0.25, 0.3) is 11.2 Å². The van der Waals surface area contributed by atoms with Gasteiger partial charge >= 0.3 is 11.7 Å². The lowest BCUT2D eigenvalue weighted by Crippen LogP contribution is -2.41. The monoisotopic (exact) mass is 618 g/mol. The van der Waals surface area contributed by atoms with Crippen molar-refractivity contribution in [3.8, 4) is 17.2 Å². The van der Waals surface area contributed by atoms with E-state index in [2.05, 4.69) is 5.10 Å². The molecule has 5 aromatic rings. The van der Waals surface area contributed by atoms with Crippen LogP contribution in [0.1, 0.15) is 43.1 Å². The average Bonchev–Trinajstić information content (AvgIpc) is 3.64. The number of fused-ring (bicyclic) bond motifs is 1. The maximum absolute atomic E-state index is 14.0. The number of aromatic nitrogens is 4. The number of amides is 1. The Labute approximate surface area is 254 Å². The summed E-state index contributed by atoms with van der Waals surface area (Å²) >= 11 is 0. The van der Waals surface area contributed by atoms with Gasteiger partial charge in [-0.25, -0.2) is 27.5 Å². The van der Waals surface area contributed by atoms with Crippen LogP contribution in [-0.2, 0) is 4.79 Å². The molecule has 4 heterocycles. The van der Waals surface area contributed by atoms with Gasteiger partial charge in [-0.1, -0.05) is 0 Å². The van der Waals surface area contributed by atoms with Crippen molar-refractivity contribution in [2.24, 2.45) is 0 Å². The summed E-state index contributed by atoms with van der Waals surface area (Å²) in [6.45, 7) is 4.03. The lowest BCUT2D eigenvalue weighted by atomic mass is 10.2. The van der Waals surface area contributed by atoms with Gasteiger partial charge in [-0.05, 0) is 62.7 Å². The van der Waals surface area contributed by atoms with E-state index in [0.717, 1.165) is 33.9 Å². The molecule has 6 rings (SSSR count). The average molecular weight is 619 g/mol. The summed E-state index contributed by atoms with van der Waals surface area (Å²) in [6.07, 6.45) is 5.76. The van der Waals surface area contributed by atoms with Gasteiger partial charge in [0.15, 0.2) is 17.3 Å². The minimum Gasteiger partial charge on any atom is -0.477 e. The SMILES string of the molecule is CC(C)n1cc(C(=O)O)c(=O)n(-c2ccc(F)cc2)c1=O.Nc1ccc(Oc2cc(N3CCCC3=O)cn3nccc23)c(F)c1. The Balaban J connectivity index is 0.000000180. The van der Waals surface area contributed by atoms with E-state index in [-0.39, 0.29) is 23.4 Å². The van der Waals surface area contributed by atoms with Gasteiger partial charge < -0.3 is 20.5 Å². The maximum Gasteiger partial charge on any atom is 0.342 e. The summed E-state index contributed by atoms with van der Waals surface area (Å²) in [5.41, 5.74) is 5.22. The molecule has 1 fully saturated rings. The predicted octanol–water partition coefficient (Wildman–Crippen LogP) is 4.39. The molecular formula is C31H28F2N6O6. The van der Waals surface area contributed by atoms with E-state index < -0.39 is 34.4 Å². The van der Waals surface area contributed by atoms with Crippen molar-refractivity contribution in [1.29, 1.82) is 0 Å². The first-order chi connectivity index (χ1) is 21.4. The zero-order valence-electron chi connectivity index (χ0n) is 24.2. The van der Waals surface area contributed by atoms with Crippen molar-refractivity contribution in [1.82, 2.24) is 18.7 Å². The number of nitrogens with two attached hydrogens (primary N) is 1. The lowest BCUT2D eigenvalue weighted by Gasteiger charge is -2.18. The maximum atomic E-state index is 14.0. The molecule has 3 aromatic heterocycles. The normalized spacial score (nSPS) is 12.8. The Morgan fingerprint density at radius 3 is 2.33 bits per heavy atom. The van der Waals surface area contributed by atoms with Crippen LogP contribution in [0.5, 0.6) is 11.5 Å². The van der Waals surface area contributed by atoms with Crippen LogP contribution in [0.4, 0.5) is 20.2 Å². The molecule has 14 heteroatoms. The van der Waals surface area contributed by atoms with Gasteiger partial charge in [0.2, 0.25) is 5.91 Å². The minimum absolute atomic E-state index is 0.0612. The fraction of sp³-hybridized carbons (Fsp3) is 0.194. The van der Waals surface area contributed by atoms with E-state index in [4.69, 9.17) is 15.6 Å². The summed E-state index contributed by atoms with van der Waals surface area (Å²) in [6, 6.07) is 12.1. The number of carboxylic acids is 1. The molecule has 0 atom stereocenters. The number of nitrogen functional groups attached to an aromatic ring is 1. The van der Waals surface area contributed by atoms with Crippen LogP contribution < -0.4 is 26.6 Å². The van der Waals surface area contributed by atoms with Crippen LogP contribution in [0.2, 0.25) is 0 Å². The molecule has 0 saturated carbocycles. The Kier molecular flexibility index (Phi) is 8.48. The van der Waals surface area contributed by atoms with Crippen LogP contribution in [0, 0.1) is 11.6 Å². The number of anilines is 2. The van der Waals surface area contributed by atoms with E-state index in [1.807, 2.05) is 0 Å². The lowest BCUT2D eigenvalue weighted by molar-refractivity contribution is -0.117. The van der Waals surface area contributed by atoms with Crippen LogP contribution in [0.3, 0.4) is 0 Å². The van der Waals surface area contributed by atoms with Crippen molar-refractivity contribution in [3.05, 3.63) is 111 Å². The highest BCUT2D eigenvalue weighted by Gasteiger charge is 2.24. The van der Waals surface area contributed by atoms with Crippen LogP contribution in [0.15, 0.2) is 82.8 Å². The molecule has 45 heavy (non-hydrogen) atoms. The largest absolute Gasteiger partial charge is 0.477 e. The zero-order valence-corrected chi connectivity index (χ0v) is 24.2. The molecule has 1 amide bonds. The molecule has 0 spiro atoms. The third-order valence-electron chi connectivity index (χ3n) is 7.00. The van der Waals surface area contributed by atoms with E-state index in [0.29, 0.717) is 35.6 Å². The van der Waals surface area contributed by atoms with Gasteiger partial charge in [0.25, 0.3) is 5.56 Å². The first-order valence-corrected chi connectivity index (χ1v) is 13.8. The topological polar surface area (TPSA) is 154 Å². The number of halogens is 2. The van der Waals surface area contributed by atoms with Crippen molar-refractivity contribution < 1.29 is 28.2 Å². The molecule has 3 N–H and O–H groups in total. The minimum atomic E-state index is -1.43. The van der Waals surface area contributed by atoms with E-state index in [1.165, 1.54) is 24.3 Å². The summed E-state index contributed by atoms with van der Waals surface area (Å²) in [5.74, 6) is -1.94. The molecule has 12 nitrogen and oxygen atoms in total. The molecular weight excluding hydrogens is 590 g/mol. The van der Waals surface area contributed by atoms with Gasteiger partial charge in [0, 0.05) is 43.0 Å². The van der Waals surface area contributed by atoms with E-state index in [1.54, 1.807) is 53.9 Å². The number of nitrogens with zero attached hydrogens (tertiary/aromatic N) is 5. The first kappa shape index (κ1) is 30.7. The van der Waals surface area contributed by atoms with Gasteiger partial charge in [0.05, 0.1) is 23.8 Å². The van der Waals surface area contributed by atoms with Crippen molar-refractivity contribution >= 4 is 28.8 Å². The summed E-state index contributed by atoms with van der Waals surface area (Å²) in [5, 5.41) is 13.3. The predicted molar refractivity (Wildman–Crippen MR) is 161 cm³/mol. The molecule has 0 aliphatic carbocycles.